The Kier molecular flexibility index (Phi) is 7.12. The number of fused-ring (bicyclic) bond motifs is 1. The second kappa shape index (κ2) is 10.2. The van der Waals surface area contributed by atoms with Crippen LogP contribution in [0.2, 0.25) is 0 Å². The van der Waals surface area contributed by atoms with E-state index in [0.717, 1.165) is 42.4 Å². The summed E-state index contributed by atoms with van der Waals surface area (Å²) in [7, 11) is 0. The Morgan fingerprint density at radius 1 is 1.11 bits per heavy atom. The number of carbonyl (C=O) groups is 2. The Balaban J connectivity index is 1.63. The molecule has 2 aliphatic carbocycles. The van der Waals surface area contributed by atoms with E-state index in [1.165, 1.54) is 6.42 Å². The van der Waals surface area contributed by atoms with Crippen LogP contribution in [0.4, 0.5) is 5.69 Å². The van der Waals surface area contributed by atoms with Gasteiger partial charge in [0.2, 0.25) is 5.91 Å². The van der Waals surface area contributed by atoms with E-state index in [4.69, 9.17) is 0 Å². The molecule has 7 heteroatoms. The summed E-state index contributed by atoms with van der Waals surface area (Å²) in [4.78, 5) is 34.9. The molecule has 2 fully saturated rings. The molecule has 2 amide bonds. The first kappa shape index (κ1) is 25.9. The molecule has 0 bridgehead atoms. The molecule has 2 aromatic rings. The van der Waals surface area contributed by atoms with Gasteiger partial charge >= 0.3 is 0 Å². The van der Waals surface area contributed by atoms with E-state index in [1.807, 2.05) is 18.2 Å². The Morgan fingerprint density at radius 3 is 2.49 bits per heavy atom. The van der Waals surface area contributed by atoms with E-state index < -0.39 is 17.7 Å². The molecule has 1 unspecified atom stereocenters. The summed E-state index contributed by atoms with van der Waals surface area (Å²) in [6.45, 7) is 6.85. The molecule has 7 nitrogen and oxygen atoms in total. The van der Waals surface area contributed by atoms with Crippen molar-refractivity contribution >= 4 is 17.5 Å². The molecule has 2 heterocycles. The van der Waals surface area contributed by atoms with Gasteiger partial charge < -0.3 is 15.7 Å². The average molecular weight is 505 g/mol. The standard InChI is InChI=1S/C30H40N4O3/c1-29(2,3)21-9-11-23(12-10-21)34(27(36)26-17-24(35)18-32-26)30(15-13-20-14-16-31-19-25(20)30)28(37)33-22-7-5-4-6-8-22/h9-12,14,16,19,22,24,26,32,35H,4-8,13,15,17-18H2,1-3H3,(H,33,37)/t24-,26-,30?/m1/s1. The molecule has 0 spiro atoms. The highest BCUT2D eigenvalue weighted by Crippen LogP contribution is 2.45. The molecular weight excluding hydrogens is 464 g/mol. The van der Waals surface area contributed by atoms with Crippen molar-refractivity contribution in [1.29, 1.82) is 0 Å². The lowest BCUT2D eigenvalue weighted by atomic mass is 9.85. The highest BCUT2D eigenvalue weighted by Gasteiger charge is 2.54. The van der Waals surface area contributed by atoms with E-state index in [9.17, 15) is 14.7 Å². The van der Waals surface area contributed by atoms with Crippen LogP contribution in [-0.2, 0) is 27.0 Å². The number of anilines is 1. The minimum atomic E-state index is -1.20. The molecule has 3 aliphatic rings. The third kappa shape index (κ3) is 4.91. The largest absolute Gasteiger partial charge is 0.392 e. The lowest BCUT2D eigenvalue weighted by Gasteiger charge is -2.43. The number of aromatic nitrogens is 1. The lowest BCUT2D eigenvalue weighted by Crippen LogP contribution is -2.62. The Hall–Kier alpha value is -2.77. The fourth-order valence-electron chi connectivity index (χ4n) is 6.29. The van der Waals surface area contributed by atoms with Gasteiger partial charge in [-0.25, -0.2) is 0 Å². The topological polar surface area (TPSA) is 94.6 Å². The molecule has 198 valence electrons. The average Bonchev–Trinajstić information content (AvgIpc) is 3.49. The maximum atomic E-state index is 14.4. The van der Waals surface area contributed by atoms with Gasteiger partial charge in [-0.2, -0.15) is 0 Å². The second-order valence-corrected chi connectivity index (χ2v) is 12.0. The number of aliphatic hydroxyl groups excluding tert-OH is 1. The summed E-state index contributed by atoms with van der Waals surface area (Å²) < 4.78 is 0. The summed E-state index contributed by atoms with van der Waals surface area (Å²) in [5.41, 5.74) is 2.47. The molecule has 3 atom stereocenters. The van der Waals surface area contributed by atoms with Crippen LogP contribution in [-0.4, -0.2) is 46.6 Å². The van der Waals surface area contributed by atoms with Crippen LogP contribution in [0.3, 0.4) is 0 Å². The number of amides is 2. The molecule has 0 radical (unpaired) electrons. The van der Waals surface area contributed by atoms with Crippen LogP contribution >= 0.6 is 0 Å². The fourth-order valence-corrected chi connectivity index (χ4v) is 6.29. The highest BCUT2D eigenvalue weighted by molar-refractivity contribution is 6.07. The minimum absolute atomic E-state index is 0.0373. The molecule has 37 heavy (non-hydrogen) atoms. The van der Waals surface area contributed by atoms with Crippen molar-refractivity contribution in [1.82, 2.24) is 15.6 Å². The second-order valence-electron chi connectivity index (χ2n) is 12.0. The number of pyridine rings is 1. The van der Waals surface area contributed by atoms with Gasteiger partial charge in [-0.15, -0.1) is 0 Å². The molecule has 1 aliphatic heterocycles. The number of carbonyl (C=O) groups excluding carboxylic acids is 2. The zero-order chi connectivity index (χ0) is 26.2. The monoisotopic (exact) mass is 504 g/mol. The van der Waals surface area contributed by atoms with Crippen LogP contribution < -0.4 is 15.5 Å². The normalized spacial score (nSPS) is 26.1. The first-order chi connectivity index (χ1) is 17.7. The third-order valence-corrected chi connectivity index (χ3v) is 8.43. The Labute approximate surface area is 220 Å². The number of nitrogens with zero attached hydrogens (tertiary/aromatic N) is 2. The van der Waals surface area contributed by atoms with Gasteiger partial charge in [0.25, 0.3) is 5.91 Å². The van der Waals surface area contributed by atoms with Crippen LogP contribution in [0.15, 0.2) is 42.7 Å². The van der Waals surface area contributed by atoms with E-state index in [1.54, 1.807) is 17.3 Å². The molecule has 3 N–H and O–H groups in total. The van der Waals surface area contributed by atoms with Gasteiger partial charge in [0, 0.05) is 36.2 Å². The molecule has 1 aromatic heterocycles. The van der Waals surface area contributed by atoms with Crippen molar-refractivity contribution in [3.63, 3.8) is 0 Å². The summed E-state index contributed by atoms with van der Waals surface area (Å²) >= 11 is 0. The molecule has 1 saturated heterocycles. The van der Waals surface area contributed by atoms with Gasteiger partial charge in [0.05, 0.1) is 12.1 Å². The maximum Gasteiger partial charge on any atom is 0.251 e. The number of benzene rings is 1. The van der Waals surface area contributed by atoms with Crippen molar-refractivity contribution in [3.05, 3.63) is 59.4 Å². The SMILES string of the molecule is CC(C)(C)c1ccc(N(C(=O)[C@H]2C[C@@H](O)CN2)C2(C(=O)NC3CCCCC3)CCc3ccncc32)cc1. The maximum absolute atomic E-state index is 14.4. The zero-order valence-corrected chi connectivity index (χ0v) is 22.3. The summed E-state index contributed by atoms with van der Waals surface area (Å²) in [6.07, 6.45) is 9.81. The van der Waals surface area contributed by atoms with Crippen LogP contribution in [0.25, 0.3) is 0 Å². The lowest BCUT2D eigenvalue weighted by molar-refractivity contribution is -0.132. The number of aliphatic hydroxyl groups is 1. The van der Waals surface area contributed by atoms with Gasteiger partial charge in [-0.1, -0.05) is 52.2 Å². The molecule has 1 aromatic carbocycles. The zero-order valence-electron chi connectivity index (χ0n) is 22.3. The Bertz CT molecular complexity index is 1140. The first-order valence-electron chi connectivity index (χ1n) is 13.8. The quantitative estimate of drug-likeness (QED) is 0.577. The number of aryl methyl sites for hydroxylation is 1. The molecular formula is C30H40N4O3. The van der Waals surface area contributed by atoms with Gasteiger partial charge in [-0.3, -0.25) is 19.5 Å². The van der Waals surface area contributed by atoms with Crippen molar-refractivity contribution in [2.45, 2.75) is 101 Å². The number of β-amino-alcohol motifs (C(OH)–C–C–N with tert-alkyl or cyclic N) is 1. The number of rotatable bonds is 5. The predicted octanol–water partition coefficient (Wildman–Crippen LogP) is 3.73. The fraction of sp³-hybridized carbons (Fsp3) is 0.567. The smallest absolute Gasteiger partial charge is 0.251 e. The Morgan fingerprint density at radius 2 is 1.84 bits per heavy atom. The van der Waals surface area contributed by atoms with Gasteiger partial charge in [0.15, 0.2) is 5.54 Å². The summed E-state index contributed by atoms with van der Waals surface area (Å²) in [5, 5.41) is 16.8. The van der Waals surface area contributed by atoms with E-state index >= 15 is 0 Å². The minimum Gasteiger partial charge on any atom is -0.392 e. The molecule has 1 saturated carbocycles. The van der Waals surface area contributed by atoms with E-state index in [-0.39, 0.29) is 23.3 Å². The highest BCUT2D eigenvalue weighted by atomic mass is 16.3. The first-order valence-corrected chi connectivity index (χ1v) is 13.8. The van der Waals surface area contributed by atoms with Gasteiger partial charge in [-0.05, 0) is 66.8 Å². The van der Waals surface area contributed by atoms with Gasteiger partial charge in [0.1, 0.15) is 0 Å². The van der Waals surface area contributed by atoms with Crippen molar-refractivity contribution < 1.29 is 14.7 Å². The van der Waals surface area contributed by atoms with E-state index in [2.05, 4.69) is 48.5 Å². The number of hydrogen-bond acceptors (Lipinski definition) is 5. The number of nitrogens with one attached hydrogen (secondary N) is 2. The summed E-state index contributed by atoms with van der Waals surface area (Å²) in [5.74, 6) is -0.312. The van der Waals surface area contributed by atoms with Crippen LogP contribution in [0, 0.1) is 0 Å². The van der Waals surface area contributed by atoms with Crippen molar-refractivity contribution in [3.8, 4) is 0 Å². The van der Waals surface area contributed by atoms with Crippen LogP contribution in [0.5, 0.6) is 0 Å². The number of hydrogen-bond donors (Lipinski definition) is 3. The predicted molar refractivity (Wildman–Crippen MR) is 144 cm³/mol. The van der Waals surface area contributed by atoms with Crippen molar-refractivity contribution in [2.75, 3.05) is 11.4 Å². The van der Waals surface area contributed by atoms with Crippen LogP contribution in [0.1, 0.15) is 82.4 Å². The summed E-state index contributed by atoms with van der Waals surface area (Å²) in [6, 6.07) is 9.56. The van der Waals surface area contributed by atoms with Crippen molar-refractivity contribution in [2.24, 2.45) is 0 Å². The van der Waals surface area contributed by atoms with E-state index in [0.29, 0.717) is 31.5 Å². The molecule has 5 rings (SSSR count). The third-order valence-electron chi connectivity index (χ3n) is 8.43.